The van der Waals surface area contributed by atoms with E-state index in [2.05, 4.69) is 20.3 Å². The standard InChI is InChI=1S/C15H13F2N3O3/c16-15(17)23-9-3-1-8(2-4-9)10-7-11(10)14(22)18-12-5-6-13(21)20-19-12/h1-6,10-11,15H,7H2,(H,20,21)(H,18,19,22)/t10-,11+/m0/s1. The van der Waals surface area contributed by atoms with Gasteiger partial charge < -0.3 is 10.1 Å². The van der Waals surface area contributed by atoms with Gasteiger partial charge in [0.15, 0.2) is 5.82 Å². The Morgan fingerprint density at radius 1 is 1.26 bits per heavy atom. The molecule has 1 fully saturated rings. The molecule has 1 aromatic carbocycles. The van der Waals surface area contributed by atoms with Crippen molar-refractivity contribution in [3.8, 4) is 5.75 Å². The Morgan fingerprint density at radius 2 is 2.00 bits per heavy atom. The van der Waals surface area contributed by atoms with Crippen LogP contribution < -0.4 is 15.6 Å². The van der Waals surface area contributed by atoms with Crippen molar-refractivity contribution in [2.75, 3.05) is 5.32 Å². The van der Waals surface area contributed by atoms with Crippen LogP contribution in [0.3, 0.4) is 0 Å². The van der Waals surface area contributed by atoms with Gasteiger partial charge in [0, 0.05) is 12.0 Å². The number of aromatic nitrogens is 2. The number of H-pyrrole nitrogens is 1. The lowest BCUT2D eigenvalue weighted by Crippen LogP contribution is -2.17. The minimum Gasteiger partial charge on any atom is -0.435 e. The highest BCUT2D eigenvalue weighted by Crippen LogP contribution is 2.48. The Hall–Kier alpha value is -2.77. The molecule has 6 nitrogen and oxygen atoms in total. The average molecular weight is 321 g/mol. The molecule has 0 unspecified atom stereocenters. The van der Waals surface area contributed by atoms with Crippen molar-refractivity contribution in [2.45, 2.75) is 19.0 Å². The summed E-state index contributed by atoms with van der Waals surface area (Å²) in [6.45, 7) is -2.86. The highest BCUT2D eigenvalue weighted by molar-refractivity contribution is 5.94. The van der Waals surface area contributed by atoms with Crippen LogP contribution in [0.1, 0.15) is 17.9 Å². The number of halogens is 2. The number of amides is 1. The van der Waals surface area contributed by atoms with Gasteiger partial charge in [0.1, 0.15) is 5.75 Å². The maximum atomic E-state index is 12.1. The number of carbonyl (C=O) groups is 1. The summed E-state index contributed by atoms with van der Waals surface area (Å²) in [7, 11) is 0. The zero-order valence-electron chi connectivity index (χ0n) is 11.8. The highest BCUT2D eigenvalue weighted by atomic mass is 19.3. The van der Waals surface area contributed by atoms with Crippen LogP contribution in [0.15, 0.2) is 41.2 Å². The Bertz CT molecular complexity index is 741. The quantitative estimate of drug-likeness (QED) is 0.883. The fourth-order valence-corrected chi connectivity index (χ4v) is 2.38. The summed E-state index contributed by atoms with van der Waals surface area (Å²) in [5, 5.41) is 8.57. The molecule has 3 rings (SSSR count). The fourth-order valence-electron chi connectivity index (χ4n) is 2.38. The molecule has 0 spiro atoms. The first kappa shape index (κ1) is 15.1. The lowest BCUT2D eigenvalue weighted by atomic mass is 10.1. The average Bonchev–Trinajstić information content (AvgIpc) is 3.30. The zero-order chi connectivity index (χ0) is 16.4. The lowest BCUT2D eigenvalue weighted by Gasteiger charge is -2.06. The minimum absolute atomic E-state index is 0.0401. The van der Waals surface area contributed by atoms with Crippen LogP contribution in [-0.4, -0.2) is 22.7 Å². The van der Waals surface area contributed by atoms with Crippen molar-refractivity contribution >= 4 is 11.7 Å². The van der Waals surface area contributed by atoms with Crippen molar-refractivity contribution in [1.82, 2.24) is 10.2 Å². The van der Waals surface area contributed by atoms with Crippen LogP contribution in [0.5, 0.6) is 5.75 Å². The molecule has 1 amide bonds. The van der Waals surface area contributed by atoms with E-state index in [1.165, 1.54) is 24.3 Å². The summed E-state index contributed by atoms with van der Waals surface area (Å²) < 4.78 is 28.5. The molecule has 1 aliphatic rings. The molecule has 2 aromatic rings. The van der Waals surface area contributed by atoms with Gasteiger partial charge in [-0.2, -0.15) is 13.9 Å². The van der Waals surface area contributed by atoms with Crippen LogP contribution in [0.2, 0.25) is 0 Å². The summed E-state index contributed by atoms with van der Waals surface area (Å²) in [6.07, 6.45) is 0.671. The van der Waals surface area contributed by atoms with E-state index >= 15 is 0 Å². The first-order valence-electron chi connectivity index (χ1n) is 6.94. The zero-order valence-corrected chi connectivity index (χ0v) is 11.8. The largest absolute Gasteiger partial charge is 0.435 e. The second-order valence-electron chi connectivity index (χ2n) is 5.19. The number of ether oxygens (including phenoxy) is 1. The van der Waals surface area contributed by atoms with E-state index in [1.54, 1.807) is 12.1 Å². The van der Waals surface area contributed by atoms with Crippen molar-refractivity contribution in [2.24, 2.45) is 5.92 Å². The van der Waals surface area contributed by atoms with Crippen molar-refractivity contribution in [3.05, 3.63) is 52.3 Å². The Morgan fingerprint density at radius 3 is 2.61 bits per heavy atom. The van der Waals surface area contributed by atoms with Gasteiger partial charge in [0.2, 0.25) is 5.91 Å². The first-order valence-corrected chi connectivity index (χ1v) is 6.94. The van der Waals surface area contributed by atoms with E-state index in [9.17, 15) is 18.4 Å². The lowest BCUT2D eigenvalue weighted by molar-refractivity contribution is -0.117. The van der Waals surface area contributed by atoms with E-state index in [1.807, 2.05) is 0 Å². The SMILES string of the molecule is O=C(Nc1ccc(=O)[nH]n1)[C@@H]1C[C@H]1c1ccc(OC(F)F)cc1. The highest BCUT2D eigenvalue weighted by Gasteiger charge is 2.44. The number of carbonyl (C=O) groups excluding carboxylic acids is 1. The number of benzene rings is 1. The molecule has 1 aromatic heterocycles. The molecule has 1 aliphatic carbocycles. The van der Waals surface area contributed by atoms with E-state index in [-0.39, 0.29) is 34.9 Å². The molecule has 8 heteroatoms. The molecule has 0 saturated heterocycles. The van der Waals surface area contributed by atoms with Gasteiger partial charge in [-0.05, 0) is 36.1 Å². The van der Waals surface area contributed by atoms with Gasteiger partial charge in [0.25, 0.3) is 5.56 Å². The van der Waals surface area contributed by atoms with Gasteiger partial charge in [-0.3, -0.25) is 9.59 Å². The Balaban J connectivity index is 1.59. The van der Waals surface area contributed by atoms with Gasteiger partial charge in [-0.15, -0.1) is 0 Å². The third-order valence-electron chi connectivity index (χ3n) is 3.59. The van der Waals surface area contributed by atoms with Gasteiger partial charge >= 0.3 is 6.61 Å². The molecule has 120 valence electrons. The summed E-state index contributed by atoms with van der Waals surface area (Å²) in [5.74, 6) is 0.00943. The van der Waals surface area contributed by atoms with Crippen LogP contribution in [0.25, 0.3) is 0 Å². The third kappa shape index (κ3) is 3.71. The van der Waals surface area contributed by atoms with E-state index in [0.717, 1.165) is 5.56 Å². The number of nitrogens with one attached hydrogen (secondary N) is 2. The van der Waals surface area contributed by atoms with Crippen molar-refractivity contribution in [3.63, 3.8) is 0 Å². The predicted molar refractivity (Wildman–Crippen MR) is 77.4 cm³/mol. The van der Waals surface area contributed by atoms with Crippen molar-refractivity contribution < 1.29 is 18.3 Å². The number of hydrogen-bond donors (Lipinski definition) is 2. The maximum Gasteiger partial charge on any atom is 0.387 e. The number of nitrogens with zero attached hydrogens (tertiary/aromatic N) is 1. The number of rotatable bonds is 5. The molecule has 0 radical (unpaired) electrons. The van der Waals surface area contributed by atoms with Crippen LogP contribution in [0, 0.1) is 5.92 Å². The number of hydrogen-bond acceptors (Lipinski definition) is 4. The number of aromatic amines is 1. The second kappa shape index (κ2) is 6.15. The summed E-state index contributed by atoms with van der Waals surface area (Å²) in [5.41, 5.74) is 0.541. The van der Waals surface area contributed by atoms with E-state index in [4.69, 9.17) is 0 Å². The first-order chi connectivity index (χ1) is 11.0. The molecule has 1 saturated carbocycles. The Kier molecular flexibility index (Phi) is 4.05. The fraction of sp³-hybridized carbons (Fsp3) is 0.267. The second-order valence-corrected chi connectivity index (χ2v) is 5.19. The third-order valence-corrected chi connectivity index (χ3v) is 3.59. The van der Waals surface area contributed by atoms with Gasteiger partial charge in [-0.1, -0.05) is 12.1 Å². The molecule has 0 bridgehead atoms. The minimum atomic E-state index is -2.86. The topological polar surface area (TPSA) is 84.1 Å². The molecule has 23 heavy (non-hydrogen) atoms. The smallest absolute Gasteiger partial charge is 0.387 e. The van der Waals surface area contributed by atoms with Crippen LogP contribution in [0.4, 0.5) is 14.6 Å². The monoisotopic (exact) mass is 321 g/mol. The van der Waals surface area contributed by atoms with Crippen LogP contribution in [-0.2, 0) is 4.79 Å². The summed E-state index contributed by atoms with van der Waals surface area (Å²) in [4.78, 5) is 23.0. The Labute approximate surface area is 129 Å². The molecule has 2 N–H and O–H groups in total. The molecule has 0 aliphatic heterocycles. The maximum absolute atomic E-state index is 12.1. The number of anilines is 1. The van der Waals surface area contributed by atoms with Crippen LogP contribution >= 0.6 is 0 Å². The molecular weight excluding hydrogens is 308 g/mol. The predicted octanol–water partition coefficient (Wildman–Crippen LogP) is 2.11. The molecule has 2 atom stereocenters. The van der Waals surface area contributed by atoms with Gasteiger partial charge in [0.05, 0.1) is 0 Å². The van der Waals surface area contributed by atoms with Crippen molar-refractivity contribution in [1.29, 1.82) is 0 Å². The molecule has 1 heterocycles. The number of alkyl halides is 2. The van der Waals surface area contributed by atoms with Gasteiger partial charge in [-0.25, -0.2) is 5.10 Å². The van der Waals surface area contributed by atoms with E-state index in [0.29, 0.717) is 6.42 Å². The normalized spacial score (nSPS) is 19.4. The summed E-state index contributed by atoms with van der Waals surface area (Å²) >= 11 is 0. The van der Waals surface area contributed by atoms with E-state index < -0.39 is 6.61 Å². The summed E-state index contributed by atoms with van der Waals surface area (Å²) in [6, 6.07) is 8.96. The molecular formula is C15H13F2N3O3.